The Morgan fingerprint density at radius 1 is 1.08 bits per heavy atom. The molecule has 0 atom stereocenters. The van der Waals surface area contributed by atoms with E-state index in [-0.39, 0.29) is 12.5 Å². The summed E-state index contributed by atoms with van der Waals surface area (Å²) in [7, 11) is 0. The second-order valence-electron chi connectivity index (χ2n) is 4.78. The van der Waals surface area contributed by atoms with Gasteiger partial charge in [0.1, 0.15) is 5.75 Å². The lowest BCUT2D eigenvalue weighted by Crippen LogP contribution is -2.19. The molecule has 7 heteroatoms. The van der Waals surface area contributed by atoms with Crippen LogP contribution in [0.4, 0.5) is 5.69 Å². The van der Waals surface area contributed by atoms with E-state index in [0.29, 0.717) is 21.5 Å². The fourth-order valence-electron chi connectivity index (χ4n) is 1.76. The highest BCUT2D eigenvalue weighted by Gasteiger charge is 2.02. The molecular weight excluding hydrogens is 351 g/mol. The fraction of sp³-hybridized carbons (Fsp3) is 0.0588. The van der Waals surface area contributed by atoms with Crippen molar-refractivity contribution in [2.24, 2.45) is 5.73 Å². The number of primary amides is 1. The number of carbonyl (C=O) groups is 2. The summed E-state index contributed by atoms with van der Waals surface area (Å²) >= 11 is 11.7. The van der Waals surface area contributed by atoms with Crippen LogP contribution in [0.1, 0.15) is 5.56 Å². The van der Waals surface area contributed by atoms with Crippen LogP contribution in [-0.4, -0.2) is 18.4 Å². The Balaban J connectivity index is 1.93. The van der Waals surface area contributed by atoms with E-state index in [9.17, 15) is 9.59 Å². The number of rotatable bonds is 6. The Morgan fingerprint density at radius 3 is 2.42 bits per heavy atom. The summed E-state index contributed by atoms with van der Waals surface area (Å²) in [5.74, 6) is -0.327. The summed E-state index contributed by atoms with van der Waals surface area (Å²) in [4.78, 5) is 22.5. The number of anilines is 1. The van der Waals surface area contributed by atoms with Gasteiger partial charge < -0.3 is 15.8 Å². The number of carbonyl (C=O) groups excluding carboxylic acids is 2. The number of hydrogen-bond acceptors (Lipinski definition) is 3. The van der Waals surface area contributed by atoms with Gasteiger partial charge in [0.25, 0.3) is 5.91 Å². The Morgan fingerprint density at radius 2 is 1.79 bits per heavy atom. The van der Waals surface area contributed by atoms with Crippen LogP contribution in [-0.2, 0) is 9.59 Å². The summed E-state index contributed by atoms with van der Waals surface area (Å²) < 4.78 is 5.15. The molecule has 2 rings (SSSR count). The third-order valence-corrected chi connectivity index (χ3v) is 3.61. The van der Waals surface area contributed by atoms with Crippen molar-refractivity contribution in [2.75, 3.05) is 11.9 Å². The van der Waals surface area contributed by atoms with Crippen molar-refractivity contribution in [3.05, 3.63) is 64.1 Å². The van der Waals surface area contributed by atoms with Crippen LogP contribution in [0, 0.1) is 0 Å². The summed E-state index contributed by atoms with van der Waals surface area (Å²) in [6.07, 6.45) is 3.03. The van der Waals surface area contributed by atoms with Gasteiger partial charge in [0.2, 0.25) is 5.91 Å². The van der Waals surface area contributed by atoms with Gasteiger partial charge in [-0.1, -0.05) is 35.3 Å². The van der Waals surface area contributed by atoms with E-state index in [2.05, 4.69) is 5.32 Å². The molecule has 0 unspecified atom stereocenters. The van der Waals surface area contributed by atoms with Gasteiger partial charge in [-0.3, -0.25) is 9.59 Å². The minimum Gasteiger partial charge on any atom is -0.484 e. The molecule has 0 saturated carbocycles. The minimum atomic E-state index is -0.544. The Bertz CT molecular complexity index is 774. The molecular formula is C17H14Cl2N2O3. The summed E-state index contributed by atoms with van der Waals surface area (Å²) in [6.45, 7) is -0.179. The summed E-state index contributed by atoms with van der Waals surface area (Å²) in [6, 6.07) is 11.7. The maximum Gasteiger partial charge on any atom is 0.255 e. The molecule has 0 aromatic heterocycles. The lowest BCUT2D eigenvalue weighted by Gasteiger charge is -2.04. The highest BCUT2D eigenvalue weighted by Crippen LogP contribution is 2.25. The second-order valence-corrected chi connectivity index (χ2v) is 5.59. The van der Waals surface area contributed by atoms with Gasteiger partial charge in [-0.05, 0) is 42.0 Å². The van der Waals surface area contributed by atoms with Crippen molar-refractivity contribution in [1.29, 1.82) is 0 Å². The smallest absolute Gasteiger partial charge is 0.255 e. The molecule has 0 radical (unpaired) electrons. The predicted molar refractivity (Wildman–Crippen MR) is 95.3 cm³/mol. The van der Waals surface area contributed by atoms with Gasteiger partial charge in [-0.25, -0.2) is 0 Å². The number of hydrogen-bond donors (Lipinski definition) is 2. The van der Waals surface area contributed by atoms with Gasteiger partial charge in [-0.2, -0.15) is 0 Å². The van der Waals surface area contributed by atoms with E-state index in [1.54, 1.807) is 48.5 Å². The topological polar surface area (TPSA) is 81.4 Å². The van der Waals surface area contributed by atoms with Crippen molar-refractivity contribution in [3.8, 4) is 5.75 Å². The zero-order valence-electron chi connectivity index (χ0n) is 12.5. The SMILES string of the molecule is NC(=O)COc1ccc(/C=C/C(=O)Nc2ccc(Cl)c(Cl)c2)cc1. The van der Waals surface area contributed by atoms with Crippen molar-refractivity contribution in [1.82, 2.24) is 0 Å². The minimum absolute atomic E-state index is 0.179. The van der Waals surface area contributed by atoms with E-state index in [1.165, 1.54) is 6.08 Å². The van der Waals surface area contributed by atoms with E-state index >= 15 is 0 Å². The highest BCUT2D eigenvalue weighted by molar-refractivity contribution is 6.42. The first-order valence-corrected chi connectivity index (χ1v) is 7.65. The van der Waals surface area contributed by atoms with Crippen molar-refractivity contribution in [2.45, 2.75) is 0 Å². The third-order valence-electron chi connectivity index (χ3n) is 2.88. The molecule has 5 nitrogen and oxygen atoms in total. The molecule has 0 bridgehead atoms. The van der Waals surface area contributed by atoms with E-state index < -0.39 is 5.91 Å². The number of nitrogens with two attached hydrogens (primary N) is 1. The molecule has 2 aromatic rings. The van der Waals surface area contributed by atoms with Crippen LogP contribution in [0.15, 0.2) is 48.5 Å². The van der Waals surface area contributed by atoms with E-state index in [1.807, 2.05) is 0 Å². The first kappa shape index (κ1) is 17.8. The second kappa shape index (κ2) is 8.38. The number of halogens is 2. The molecule has 124 valence electrons. The van der Waals surface area contributed by atoms with Crippen LogP contribution in [0.5, 0.6) is 5.75 Å². The van der Waals surface area contributed by atoms with E-state index in [0.717, 1.165) is 5.56 Å². The molecule has 0 fully saturated rings. The van der Waals surface area contributed by atoms with Crippen molar-refractivity contribution < 1.29 is 14.3 Å². The maximum absolute atomic E-state index is 11.9. The summed E-state index contributed by atoms with van der Waals surface area (Å²) in [5.41, 5.74) is 6.34. The average molecular weight is 365 g/mol. The molecule has 24 heavy (non-hydrogen) atoms. The zero-order valence-corrected chi connectivity index (χ0v) is 14.0. The lowest BCUT2D eigenvalue weighted by atomic mass is 10.2. The van der Waals surface area contributed by atoms with Gasteiger partial charge >= 0.3 is 0 Å². The van der Waals surface area contributed by atoms with Crippen LogP contribution < -0.4 is 15.8 Å². The van der Waals surface area contributed by atoms with Crippen LogP contribution >= 0.6 is 23.2 Å². The molecule has 0 spiro atoms. The monoisotopic (exact) mass is 364 g/mol. The quantitative estimate of drug-likeness (QED) is 0.769. The normalized spacial score (nSPS) is 10.6. The predicted octanol–water partition coefficient (Wildman–Crippen LogP) is 3.51. The zero-order chi connectivity index (χ0) is 17.5. The van der Waals surface area contributed by atoms with Crippen molar-refractivity contribution >= 4 is 46.8 Å². The number of nitrogens with one attached hydrogen (secondary N) is 1. The number of ether oxygens (including phenoxy) is 1. The molecule has 0 aliphatic rings. The van der Waals surface area contributed by atoms with Gasteiger partial charge in [-0.15, -0.1) is 0 Å². The molecule has 3 N–H and O–H groups in total. The molecule has 0 saturated heterocycles. The fourth-order valence-corrected chi connectivity index (χ4v) is 2.06. The Kier molecular flexibility index (Phi) is 6.23. The largest absolute Gasteiger partial charge is 0.484 e. The summed E-state index contributed by atoms with van der Waals surface area (Å²) in [5, 5.41) is 3.47. The highest BCUT2D eigenvalue weighted by atomic mass is 35.5. The molecule has 0 aliphatic heterocycles. The Labute approximate surface area is 149 Å². The number of amides is 2. The lowest BCUT2D eigenvalue weighted by molar-refractivity contribution is -0.120. The van der Waals surface area contributed by atoms with Crippen LogP contribution in [0.25, 0.3) is 6.08 Å². The first-order valence-electron chi connectivity index (χ1n) is 6.89. The van der Waals surface area contributed by atoms with Crippen LogP contribution in [0.2, 0.25) is 10.0 Å². The molecule has 2 aromatic carbocycles. The molecule has 0 heterocycles. The maximum atomic E-state index is 11.9. The van der Waals surface area contributed by atoms with E-state index in [4.69, 9.17) is 33.7 Å². The van der Waals surface area contributed by atoms with Gasteiger partial charge in [0.05, 0.1) is 10.0 Å². The average Bonchev–Trinajstić information content (AvgIpc) is 2.55. The van der Waals surface area contributed by atoms with Gasteiger partial charge in [0.15, 0.2) is 6.61 Å². The standard InChI is InChI=1S/C17H14Cl2N2O3/c18-14-7-4-12(9-15(14)19)21-17(23)8-3-11-1-5-13(6-2-11)24-10-16(20)22/h1-9H,10H2,(H2,20,22)(H,21,23)/b8-3+. The molecule has 0 aliphatic carbocycles. The first-order chi connectivity index (χ1) is 11.4. The molecule has 2 amide bonds. The number of benzene rings is 2. The Hall–Kier alpha value is -2.50. The van der Waals surface area contributed by atoms with Crippen LogP contribution in [0.3, 0.4) is 0 Å². The third kappa shape index (κ3) is 5.61. The van der Waals surface area contributed by atoms with Gasteiger partial charge in [0, 0.05) is 11.8 Å². The van der Waals surface area contributed by atoms with Crippen molar-refractivity contribution in [3.63, 3.8) is 0 Å².